The van der Waals surface area contributed by atoms with Gasteiger partial charge in [0.2, 0.25) is 0 Å². The van der Waals surface area contributed by atoms with Gasteiger partial charge in [-0.1, -0.05) is 48.5 Å². The predicted octanol–water partition coefficient (Wildman–Crippen LogP) is 4.54. The van der Waals surface area contributed by atoms with Crippen LogP contribution in [0.2, 0.25) is 10.0 Å². The van der Waals surface area contributed by atoms with E-state index < -0.39 is 5.60 Å². The molecule has 1 aliphatic carbocycles. The van der Waals surface area contributed by atoms with Gasteiger partial charge in [0.15, 0.2) is 0 Å². The molecule has 0 bridgehead atoms. The Kier molecular flexibility index (Phi) is 6.08. The molecule has 0 aliphatic heterocycles. The van der Waals surface area contributed by atoms with E-state index in [0.29, 0.717) is 33.2 Å². The highest BCUT2D eigenvalue weighted by molar-refractivity contribution is 7.99. The van der Waals surface area contributed by atoms with Gasteiger partial charge in [-0.15, -0.1) is 0 Å². The van der Waals surface area contributed by atoms with Gasteiger partial charge >= 0.3 is 0 Å². The van der Waals surface area contributed by atoms with Crippen LogP contribution in [0.3, 0.4) is 0 Å². The van der Waals surface area contributed by atoms with Gasteiger partial charge in [0.25, 0.3) is 0 Å². The van der Waals surface area contributed by atoms with E-state index in [1.54, 1.807) is 23.1 Å². The summed E-state index contributed by atoms with van der Waals surface area (Å²) in [6.07, 6.45) is 9.40. The van der Waals surface area contributed by atoms with Gasteiger partial charge in [0.1, 0.15) is 18.3 Å². The molecule has 1 aliphatic rings. The van der Waals surface area contributed by atoms with Gasteiger partial charge in [-0.05, 0) is 25.0 Å². The van der Waals surface area contributed by atoms with E-state index in [9.17, 15) is 5.11 Å². The maximum absolute atomic E-state index is 11.4. The van der Waals surface area contributed by atoms with Crippen molar-refractivity contribution in [2.45, 2.75) is 49.5 Å². The quantitative estimate of drug-likeness (QED) is 0.792. The molecule has 130 valence electrons. The highest BCUT2D eigenvalue weighted by Crippen LogP contribution is 2.37. The third-order valence-corrected chi connectivity index (χ3v) is 6.57. The zero-order valence-corrected chi connectivity index (χ0v) is 15.7. The standard InChI is InChI=1S/C17H21Cl2N3OS/c18-13-6-7-15(16(19)8-13)17(23,9-22-12-20-11-21-22)10-24-14-4-2-1-3-5-14/h6-8,11-12,14,23H,1-5,9-10H2. The molecule has 0 amide bonds. The first-order chi connectivity index (χ1) is 11.6. The van der Waals surface area contributed by atoms with Gasteiger partial charge in [-0.2, -0.15) is 16.9 Å². The van der Waals surface area contributed by atoms with E-state index in [2.05, 4.69) is 10.1 Å². The summed E-state index contributed by atoms with van der Waals surface area (Å²) in [6, 6.07) is 5.25. The number of nitrogens with zero attached hydrogens (tertiary/aromatic N) is 3. The lowest BCUT2D eigenvalue weighted by Crippen LogP contribution is -2.35. The van der Waals surface area contributed by atoms with Crippen LogP contribution in [0, 0.1) is 0 Å². The second-order valence-electron chi connectivity index (χ2n) is 6.32. The van der Waals surface area contributed by atoms with E-state index in [4.69, 9.17) is 23.2 Å². The van der Waals surface area contributed by atoms with Gasteiger partial charge in [-0.3, -0.25) is 0 Å². The normalized spacial score (nSPS) is 18.5. The molecule has 2 aromatic rings. The highest BCUT2D eigenvalue weighted by atomic mass is 35.5. The summed E-state index contributed by atoms with van der Waals surface area (Å²) < 4.78 is 1.65. The van der Waals surface area contributed by atoms with Crippen LogP contribution in [0.25, 0.3) is 0 Å². The fraction of sp³-hybridized carbons (Fsp3) is 0.529. The van der Waals surface area contributed by atoms with E-state index in [-0.39, 0.29) is 0 Å². The van der Waals surface area contributed by atoms with Crippen LogP contribution in [-0.2, 0) is 12.1 Å². The molecule has 0 spiro atoms. The van der Waals surface area contributed by atoms with Crippen LogP contribution in [0.15, 0.2) is 30.9 Å². The first kappa shape index (κ1) is 18.1. The second kappa shape index (κ2) is 8.09. The molecule has 1 aromatic heterocycles. The molecule has 4 nitrogen and oxygen atoms in total. The molecule has 1 heterocycles. The third-order valence-electron chi connectivity index (χ3n) is 4.43. The number of benzene rings is 1. The first-order valence-corrected chi connectivity index (χ1v) is 9.99. The number of hydrogen-bond acceptors (Lipinski definition) is 4. The van der Waals surface area contributed by atoms with Crippen molar-refractivity contribution in [3.05, 3.63) is 46.5 Å². The lowest BCUT2D eigenvalue weighted by atomic mass is 9.95. The van der Waals surface area contributed by atoms with Crippen molar-refractivity contribution in [1.82, 2.24) is 14.8 Å². The minimum atomic E-state index is -1.11. The summed E-state index contributed by atoms with van der Waals surface area (Å²) in [5.41, 5.74) is -0.426. The average molecular weight is 386 g/mol. The Morgan fingerprint density at radius 3 is 2.71 bits per heavy atom. The van der Waals surface area contributed by atoms with Gasteiger partial charge in [-0.25, -0.2) is 9.67 Å². The van der Waals surface area contributed by atoms with Crippen molar-refractivity contribution in [3.63, 3.8) is 0 Å². The molecule has 1 aromatic carbocycles. The Morgan fingerprint density at radius 2 is 2.04 bits per heavy atom. The Morgan fingerprint density at radius 1 is 1.25 bits per heavy atom. The number of aromatic nitrogens is 3. The zero-order chi connectivity index (χ0) is 17.0. The SMILES string of the molecule is OC(CSC1CCCCC1)(Cn1cncn1)c1ccc(Cl)cc1Cl. The van der Waals surface area contributed by atoms with Crippen molar-refractivity contribution in [2.24, 2.45) is 0 Å². The summed E-state index contributed by atoms with van der Waals surface area (Å²) in [5, 5.41) is 17.2. The lowest BCUT2D eigenvalue weighted by Gasteiger charge is -2.31. The van der Waals surface area contributed by atoms with Crippen molar-refractivity contribution in [1.29, 1.82) is 0 Å². The fourth-order valence-corrected chi connectivity index (χ4v) is 5.15. The average Bonchev–Trinajstić information content (AvgIpc) is 3.06. The third kappa shape index (κ3) is 4.45. The summed E-state index contributed by atoms with van der Waals surface area (Å²) >= 11 is 14.2. The summed E-state index contributed by atoms with van der Waals surface area (Å²) in [7, 11) is 0. The first-order valence-electron chi connectivity index (χ1n) is 8.19. The lowest BCUT2D eigenvalue weighted by molar-refractivity contribution is 0.0396. The number of hydrogen-bond donors (Lipinski definition) is 1. The molecule has 24 heavy (non-hydrogen) atoms. The molecule has 1 unspecified atom stereocenters. The van der Waals surface area contributed by atoms with Gasteiger partial charge in [0.05, 0.1) is 6.54 Å². The van der Waals surface area contributed by atoms with Crippen LogP contribution >= 0.6 is 35.0 Å². The van der Waals surface area contributed by atoms with Gasteiger partial charge in [0, 0.05) is 26.6 Å². The molecular weight excluding hydrogens is 365 g/mol. The molecule has 3 rings (SSSR count). The molecule has 0 radical (unpaired) electrons. The van der Waals surface area contributed by atoms with E-state index in [1.165, 1.54) is 38.4 Å². The van der Waals surface area contributed by atoms with Crippen molar-refractivity contribution < 1.29 is 5.11 Å². The maximum Gasteiger partial charge on any atom is 0.137 e. The molecule has 1 N–H and O–H groups in total. The highest BCUT2D eigenvalue weighted by Gasteiger charge is 2.34. The Bertz CT molecular complexity index is 662. The van der Waals surface area contributed by atoms with E-state index >= 15 is 0 Å². The Labute approximate surface area is 156 Å². The zero-order valence-electron chi connectivity index (χ0n) is 13.4. The summed E-state index contributed by atoms with van der Waals surface area (Å²) in [5.74, 6) is 0.568. The molecule has 7 heteroatoms. The predicted molar refractivity (Wildman–Crippen MR) is 99.7 cm³/mol. The number of rotatable bonds is 6. The van der Waals surface area contributed by atoms with E-state index in [0.717, 1.165) is 0 Å². The second-order valence-corrected chi connectivity index (χ2v) is 8.45. The van der Waals surface area contributed by atoms with Gasteiger partial charge < -0.3 is 5.11 Å². The van der Waals surface area contributed by atoms with Crippen LogP contribution in [0.4, 0.5) is 0 Å². The largest absolute Gasteiger partial charge is 0.382 e. The smallest absolute Gasteiger partial charge is 0.137 e. The van der Waals surface area contributed by atoms with Crippen molar-refractivity contribution in [3.8, 4) is 0 Å². The Balaban J connectivity index is 1.82. The monoisotopic (exact) mass is 385 g/mol. The number of halogens is 2. The molecule has 1 fully saturated rings. The van der Waals surface area contributed by atoms with Crippen molar-refractivity contribution in [2.75, 3.05) is 5.75 Å². The number of thioether (sulfide) groups is 1. The Hall–Kier alpha value is -0.750. The molecular formula is C17H21Cl2N3OS. The summed E-state index contributed by atoms with van der Waals surface area (Å²) in [4.78, 5) is 3.97. The fourth-order valence-electron chi connectivity index (χ4n) is 3.15. The minimum absolute atomic E-state index is 0.314. The maximum atomic E-state index is 11.4. The molecule has 1 saturated carbocycles. The van der Waals surface area contributed by atoms with Crippen molar-refractivity contribution >= 4 is 35.0 Å². The van der Waals surface area contributed by atoms with E-state index in [1.807, 2.05) is 17.8 Å². The topological polar surface area (TPSA) is 50.9 Å². The number of aliphatic hydroxyl groups is 1. The summed E-state index contributed by atoms with van der Waals surface area (Å²) in [6.45, 7) is 0.314. The van der Waals surface area contributed by atoms with Crippen LogP contribution < -0.4 is 0 Å². The minimum Gasteiger partial charge on any atom is -0.382 e. The van der Waals surface area contributed by atoms with Crippen LogP contribution in [0.5, 0.6) is 0 Å². The van der Waals surface area contributed by atoms with Crippen LogP contribution in [0.1, 0.15) is 37.7 Å². The van der Waals surface area contributed by atoms with Crippen LogP contribution in [-0.4, -0.2) is 30.9 Å². The molecule has 1 atom stereocenters. The molecule has 0 saturated heterocycles.